The van der Waals surface area contributed by atoms with E-state index in [0.29, 0.717) is 24.2 Å². The smallest absolute Gasteiger partial charge is 0.326 e. The van der Waals surface area contributed by atoms with Gasteiger partial charge >= 0.3 is 5.69 Å². The van der Waals surface area contributed by atoms with E-state index in [1.165, 1.54) is 10.9 Å². The van der Waals surface area contributed by atoms with Crippen LogP contribution in [-0.2, 0) is 20.1 Å². The van der Waals surface area contributed by atoms with E-state index in [-0.39, 0.29) is 11.6 Å². The highest BCUT2D eigenvalue weighted by molar-refractivity contribution is 5.97. The second-order valence-corrected chi connectivity index (χ2v) is 6.99. The maximum Gasteiger partial charge on any atom is 0.326 e. The fourth-order valence-electron chi connectivity index (χ4n) is 3.15. The molecule has 1 aromatic carbocycles. The second kappa shape index (κ2) is 8.16. The molecule has 0 saturated heterocycles. The molecule has 3 heterocycles. The predicted molar refractivity (Wildman–Crippen MR) is 113 cm³/mol. The molecule has 0 unspecified atom stereocenters. The summed E-state index contributed by atoms with van der Waals surface area (Å²) in [5.74, 6) is 0.591. The van der Waals surface area contributed by atoms with Gasteiger partial charge in [-0.05, 0) is 35.9 Å². The Morgan fingerprint density at radius 3 is 2.80 bits per heavy atom. The number of aromatic nitrogens is 5. The highest BCUT2D eigenvalue weighted by Gasteiger charge is 2.10. The summed E-state index contributed by atoms with van der Waals surface area (Å²) in [6.07, 6.45) is 4.97. The van der Waals surface area contributed by atoms with Gasteiger partial charge in [-0.15, -0.1) is 0 Å². The van der Waals surface area contributed by atoms with Crippen molar-refractivity contribution in [3.63, 3.8) is 0 Å². The summed E-state index contributed by atoms with van der Waals surface area (Å²) in [6, 6.07) is 10.8. The molecule has 0 atom stereocenters. The van der Waals surface area contributed by atoms with E-state index in [0.717, 1.165) is 22.6 Å². The summed E-state index contributed by atoms with van der Waals surface area (Å²) >= 11 is 0. The Morgan fingerprint density at radius 1 is 1.20 bits per heavy atom. The van der Waals surface area contributed by atoms with E-state index >= 15 is 0 Å². The number of carbonyl (C=O) groups excluding carboxylic acids is 1. The number of hydrogen-bond acceptors (Lipinski definition) is 6. The molecule has 30 heavy (non-hydrogen) atoms. The fourth-order valence-corrected chi connectivity index (χ4v) is 3.15. The van der Waals surface area contributed by atoms with Gasteiger partial charge < -0.3 is 15.2 Å². The molecule has 4 rings (SSSR count). The van der Waals surface area contributed by atoms with Gasteiger partial charge in [0.1, 0.15) is 12.1 Å². The summed E-state index contributed by atoms with van der Waals surface area (Å²) in [5.41, 5.74) is 3.45. The summed E-state index contributed by atoms with van der Waals surface area (Å²) < 4.78 is 1.51. The molecule has 0 aliphatic carbocycles. The maximum atomic E-state index is 12.5. The largest absolute Gasteiger partial charge is 0.354 e. The number of amides is 1. The van der Waals surface area contributed by atoms with E-state index in [4.69, 9.17) is 0 Å². The first-order valence-corrected chi connectivity index (χ1v) is 9.39. The molecule has 0 bridgehead atoms. The molecule has 9 heteroatoms. The topological polar surface area (TPSA) is 109 Å². The first-order valence-electron chi connectivity index (χ1n) is 9.39. The summed E-state index contributed by atoms with van der Waals surface area (Å²) in [7, 11) is 3.62. The Kier molecular flexibility index (Phi) is 5.25. The van der Waals surface area contributed by atoms with Crippen molar-refractivity contribution in [1.29, 1.82) is 0 Å². The van der Waals surface area contributed by atoms with Crippen LogP contribution in [0.5, 0.6) is 0 Å². The molecule has 9 nitrogen and oxygen atoms in total. The molecular formula is C21H21N7O2. The van der Waals surface area contributed by atoms with Gasteiger partial charge in [0, 0.05) is 38.6 Å². The number of aromatic amines is 1. The molecule has 152 valence electrons. The Labute approximate surface area is 172 Å². The van der Waals surface area contributed by atoms with Crippen LogP contribution < -0.4 is 15.9 Å². The number of rotatable bonds is 6. The van der Waals surface area contributed by atoms with E-state index in [1.807, 2.05) is 30.1 Å². The maximum absolute atomic E-state index is 12.5. The van der Waals surface area contributed by atoms with Crippen molar-refractivity contribution in [3.8, 4) is 0 Å². The number of aryl methyl sites for hydroxylation is 1. The van der Waals surface area contributed by atoms with Crippen LogP contribution in [0, 0.1) is 0 Å². The van der Waals surface area contributed by atoms with Crippen molar-refractivity contribution in [2.75, 3.05) is 11.9 Å². The van der Waals surface area contributed by atoms with Crippen LogP contribution >= 0.6 is 0 Å². The van der Waals surface area contributed by atoms with Crippen LogP contribution in [0.15, 0.2) is 59.9 Å². The number of benzene rings is 1. The van der Waals surface area contributed by atoms with Crippen molar-refractivity contribution in [2.45, 2.75) is 13.1 Å². The lowest BCUT2D eigenvalue weighted by Crippen LogP contribution is -2.23. The number of fused-ring (bicyclic) bond motifs is 1. The summed E-state index contributed by atoms with van der Waals surface area (Å²) in [4.78, 5) is 41.5. The average Bonchev–Trinajstić information content (AvgIpc) is 3.06. The molecular weight excluding hydrogens is 382 g/mol. The summed E-state index contributed by atoms with van der Waals surface area (Å²) in [6.45, 7) is 0.973. The third-order valence-electron chi connectivity index (χ3n) is 4.86. The van der Waals surface area contributed by atoms with E-state index < -0.39 is 0 Å². The Morgan fingerprint density at radius 2 is 2.07 bits per heavy atom. The first-order chi connectivity index (χ1) is 14.5. The normalized spacial score (nSPS) is 10.9. The zero-order valence-electron chi connectivity index (χ0n) is 16.7. The lowest BCUT2D eigenvalue weighted by molar-refractivity contribution is 0.0951. The molecule has 0 saturated carbocycles. The van der Waals surface area contributed by atoms with Gasteiger partial charge in [-0.25, -0.2) is 19.7 Å². The Balaban J connectivity index is 1.38. The van der Waals surface area contributed by atoms with Gasteiger partial charge in [-0.2, -0.15) is 0 Å². The number of nitrogens with zero attached hydrogens (tertiary/aromatic N) is 5. The number of anilines is 1. The first kappa shape index (κ1) is 19.3. The van der Waals surface area contributed by atoms with Crippen molar-refractivity contribution >= 4 is 22.8 Å². The molecule has 1 amide bonds. The Hall–Kier alpha value is -4.01. The molecule has 0 aliphatic heterocycles. The van der Waals surface area contributed by atoms with E-state index in [2.05, 4.69) is 25.3 Å². The number of imidazole rings is 1. The standard InChI is InChI=1S/C21H21N7O2/c1-27(12-16-7-8-22-13-25-16)19-6-3-14(10-23-19)11-24-20(29)15-4-5-18-17(9-15)26-21(30)28(18)2/h3-10,13H,11-12H2,1-2H3,(H,24,29)(H,26,30). The van der Waals surface area contributed by atoms with Crippen LogP contribution in [0.1, 0.15) is 21.6 Å². The Bertz CT molecular complexity index is 1230. The van der Waals surface area contributed by atoms with Crippen LogP contribution in [0.2, 0.25) is 0 Å². The monoisotopic (exact) mass is 403 g/mol. The fraction of sp³-hybridized carbons (Fsp3) is 0.190. The quantitative estimate of drug-likeness (QED) is 0.506. The van der Waals surface area contributed by atoms with E-state index in [1.54, 1.807) is 37.6 Å². The van der Waals surface area contributed by atoms with Gasteiger partial charge in [0.25, 0.3) is 5.91 Å². The van der Waals surface area contributed by atoms with Gasteiger partial charge in [-0.3, -0.25) is 9.36 Å². The zero-order valence-corrected chi connectivity index (χ0v) is 16.7. The van der Waals surface area contributed by atoms with Crippen LogP contribution in [0.4, 0.5) is 5.82 Å². The van der Waals surface area contributed by atoms with Crippen LogP contribution in [0.3, 0.4) is 0 Å². The highest BCUT2D eigenvalue weighted by Crippen LogP contribution is 2.14. The van der Waals surface area contributed by atoms with Crippen LogP contribution in [-0.4, -0.2) is 37.5 Å². The SMILES string of the molecule is CN(Cc1ccncn1)c1ccc(CNC(=O)c2ccc3c(c2)[nH]c(=O)n3C)cn1. The second-order valence-electron chi connectivity index (χ2n) is 6.99. The molecule has 0 spiro atoms. The lowest BCUT2D eigenvalue weighted by atomic mass is 10.2. The van der Waals surface area contributed by atoms with Crippen molar-refractivity contribution in [3.05, 3.63) is 82.4 Å². The number of carbonyl (C=O) groups is 1. The molecule has 2 N–H and O–H groups in total. The van der Waals surface area contributed by atoms with Crippen molar-refractivity contribution < 1.29 is 4.79 Å². The summed E-state index contributed by atoms with van der Waals surface area (Å²) in [5, 5.41) is 2.88. The number of pyridine rings is 1. The third-order valence-corrected chi connectivity index (χ3v) is 4.86. The molecule has 4 aromatic rings. The van der Waals surface area contributed by atoms with Crippen molar-refractivity contribution in [2.24, 2.45) is 7.05 Å². The molecule has 0 aliphatic rings. The minimum absolute atomic E-state index is 0.210. The zero-order chi connectivity index (χ0) is 21.1. The minimum atomic E-state index is -0.216. The molecule has 3 aromatic heterocycles. The van der Waals surface area contributed by atoms with Gasteiger partial charge in [0.05, 0.1) is 23.3 Å². The number of H-pyrrole nitrogens is 1. The highest BCUT2D eigenvalue weighted by atomic mass is 16.2. The lowest BCUT2D eigenvalue weighted by Gasteiger charge is -2.17. The van der Waals surface area contributed by atoms with Gasteiger partial charge in [0.15, 0.2) is 0 Å². The van der Waals surface area contributed by atoms with Gasteiger partial charge in [-0.1, -0.05) is 6.07 Å². The average molecular weight is 403 g/mol. The van der Waals surface area contributed by atoms with E-state index in [9.17, 15) is 9.59 Å². The number of hydrogen-bond donors (Lipinski definition) is 2. The van der Waals surface area contributed by atoms with Crippen LogP contribution in [0.25, 0.3) is 11.0 Å². The van der Waals surface area contributed by atoms with Crippen molar-refractivity contribution in [1.82, 2.24) is 29.8 Å². The third kappa shape index (κ3) is 4.04. The number of nitrogens with one attached hydrogen (secondary N) is 2. The minimum Gasteiger partial charge on any atom is -0.354 e. The predicted octanol–water partition coefficient (Wildman–Crippen LogP) is 1.62. The molecule has 0 fully saturated rings. The van der Waals surface area contributed by atoms with Gasteiger partial charge in [0.2, 0.25) is 0 Å². The molecule has 0 radical (unpaired) electrons.